The Bertz CT molecular complexity index is 2030. The molecule has 0 aliphatic carbocycles. The van der Waals surface area contributed by atoms with E-state index < -0.39 is 43.9 Å². The number of halogens is 4. The summed E-state index contributed by atoms with van der Waals surface area (Å²) in [6.45, 7) is 5.92. The minimum atomic E-state index is -4.84. The minimum Gasteiger partial charge on any atom is -0.378 e. The zero-order chi connectivity index (χ0) is 33.3. The number of pyridine rings is 1. The Hall–Kier alpha value is -4.67. The maximum absolute atomic E-state index is 15.0. The van der Waals surface area contributed by atoms with Gasteiger partial charge in [0.05, 0.1) is 52.1 Å². The van der Waals surface area contributed by atoms with Crippen LogP contribution in [0.15, 0.2) is 65.8 Å². The van der Waals surface area contributed by atoms with E-state index in [-0.39, 0.29) is 17.7 Å². The summed E-state index contributed by atoms with van der Waals surface area (Å²) in [6.07, 6.45) is 2.98. The van der Waals surface area contributed by atoms with Gasteiger partial charge in [-0.05, 0) is 36.4 Å². The molecule has 0 radical (unpaired) electrons. The van der Waals surface area contributed by atoms with Gasteiger partial charge in [-0.1, -0.05) is 19.9 Å². The highest BCUT2D eigenvalue weighted by Crippen LogP contribution is 2.40. The molecule has 244 valence electrons. The van der Waals surface area contributed by atoms with Crippen molar-refractivity contribution in [2.24, 2.45) is 0 Å². The minimum absolute atomic E-state index is 0.00610. The van der Waals surface area contributed by atoms with E-state index in [1.165, 1.54) is 41.9 Å². The first-order chi connectivity index (χ1) is 22.5. The lowest BCUT2D eigenvalue weighted by Crippen LogP contribution is -2.37. The average molecular weight is 686 g/mol. The van der Waals surface area contributed by atoms with E-state index in [0.29, 0.717) is 58.8 Å². The van der Waals surface area contributed by atoms with Crippen LogP contribution in [0, 0.1) is 23.3 Å². The van der Waals surface area contributed by atoms with Crippen molar-refractivity contribution in [3.8, 4) is 21.8 Å². The smallest absolute Gasteiger partial charge is 0.267 e. The van der Waals surface area contributed by atoms with Crippen molar-refractivity contribution in [3.63, 3.8) is 0 Å². The van der Waals surface area contributed by atoms with Crippen LogP contribution in [0.4, 0.5) is 40.7 Å². The van der Waals surface area contributed by atoms with Crippen LogP contribution in [0.1, 0.15) is 24.8 Å². The van der Waals surface area contributed by atoms with E-state index in [4.69, 9.17) is 9.72 Å². The maximum Gasteiger partial charge on any atom is 0.267 e. The third kappa shape index (κ3) is 6.89. The Morgan fingerprint density at radius 3 is 2.36 bits per heavy atom. The van der Waals surface area contributed by atoms with Crippen molar-refractivity contribution in [1.29, 1.82) is 0 Å². The first-order valence-corrected chi connectivity index (χ1v) is 16.7. The normalized spacial score (nSPS) is 13.6. The monoisotopic (exact) mass is 685 g/mol. The topological polar surface area (TPSA) is 122 Å². The standard InChI is InChI=1S/C31H27F4N7O3S2/c1-17(2)30-40-26(18-6-7-20(32)25(14-18)41-47(43,44)28-21(33)4-3-5-22(28)34)27(46-30)24-8-9-36-31(39-24)38-19-15-23(35)29(37-16-19)42-10-12-45-13-11-42/h3-9,14-17,41H,10-13H2,1-2H3,(H,36,38,39). The molecule has 0 atom stereocenters. The second-order valence-corrected chi connectivity index (χ2v) is 13.4. The summed E-state index contributed by atoms with van der Waals surface area (Å²) in [7, 11) is -4.84. The molecule has 2 aromatic carbocycles. The Labute approximate surface area is 271 Å². The number of rotatable bonds is 9. The fourth-order valence-electron chi connectivity index (χ4n) is 4.82. The number of hydrogen-bond acceptors (Lipinski definition) is 10. The summed E-state index contributed by atoms with van der Waals surface area (Å²) in [6, 6.07) is 9.17. The number of benzene rings is 2. The highest BCUT2D eigenvalue weighted by atomic mass is 32.2. The Morgan fingerprint density at radius 2 is 1.66 bits per heavy atom. The fraction of sp³-hybridized carbons (Fsp3) is 0.226. The molecule has 47 heavy (non-hydrogen) atoms. The van der Waals surface area contributed by atoms with Gasteiger partial charge in [0.15, 0.2) is 16.5 Å². The van der Waals surface area contributed by atoms with E-state index in [2.05, 4.69) is 20.3 Å². The van der Waals surface area contributed by atoms with Gasteiger partial charge < -0.3 is 15.0 Å². The van der Waals surface area contributed by atoms with Crippen LogP contribution < -0.4 is 14.9 Å². The molecule has 6 rings (SSSR count). The Balaban J connectivity index is 1.32. The first kappa shape index (κ1) is 32.3. The van der Waals surface area contributed by atoms with Crippen LogP contribution in [-0.2, 0) is 14.8 Å². The summed E-state index contributed by atoms with van der Waals surface area (Å²) in [5.41, 5.74) is 0.902. The second kappa shape index (κ2) is 13.2. The molecule has 0 bridgehead atoms. The van der Waals surface area contributed by atoms with Gasteiger partial charge >= 0.3 is 0 Å². The third-order valence-electron chi connectivity index (χ3n) is 7.09. The van der Waals surface area contributed by atoms with Gasteiger partial charge in [0, 0.05) is 36.8 Å². The molecule has 1 fully saturated rings. The third-order valence-corrected chi connectivity index (χ3v) is 9.88. The zero-order valence-electron chi connectivity index (χ0n) is 25.0. The molecule has 1 aliphatic rings. The summed E-state index contributed by atoms with van der Waals surface area (Å²) >= 11 is 1.33. The molecule has 5 aromatic rings. The van der Waals surface area contributed by atoms with Crippen molar-refractivity contribution >= 4 is 44.5 Å². The zero-order valence-corrected chi connectivity index (χ0v) is 26.6. The van der Waals surface area contributed by atoms with Gasteiger partial charge in [0.25, 0.3) is 10.0 Å². The molecule has 1 saturated heterocycles. The highest BCUT2D eigenvalue weighted by Gasteiger charge is 2.26. The average Bonchev–Trinajstić information content (AvgIpc) is 3.49. The molecule has 2 N–H and O–H groups in total. The van der Waals surface area contributed by atoms with E-state index in [9.17, 15) is 26.0 Å². The van der Waals surface area contributed by atoms with Gasteiger partial charge in [0.1, 0.15) is 17.5 Å². The lowest BCUT2D eigenvalue weighted by Gasteiger charge is -2.28. The molecule has 4 heterocycles. The van der Waals surface area contributed by atoms with Crippen molar-refractivity contribution < 1.29 is 30.7 Å². The fourth-order valence-corrected chi connectivity index (χ4v) is 7.08. The number of thiazole rings is 1. The second-order valence-electron chi connectivity index (χ2n) is 10.8. The predicted molar refractivity (Wildman–Crippen MR) is 170 cm³/mol. The summed E-state index contributed by atoms with van der Waals surface area (Å²) < 4.78 is 91.5. The molecule has 0 amide bonds. The van der Waals surface area contributed by atoms with Crippen molar-refractivity contribution in [2.75, 3.05) is 41.2 Å². The number of nitrogens with zero attached hydrogens (tertiary/aromatic N) is 5. The summed E-state index contributed by atoms with van der Waals surface area (Å²) in [5.74, 6) is -3.76. The predicted octanol–water partition coefficient (Wildman–Crippen LogP) is 6.72. The summed E-state index contributed by atoms with van der Waals surface area (Å²) in [4.78, 5) is 19.0. The van der Waals surface area contributed by atoms with Crippen molar-refractivity contribution in [3.05, 3.63) is 89.2 Å². The molecular weight excluding hydrogens is 659 g/mol. The van der Waals surface area contributed by atoms with Gasteiger partial charge in [-0.25, -0.2) is 45.9 Å². The quantitative estimate of drug-likeness (QED) is 0.163. The lowest BCUT2D eigenvalue weighted by atomic mass is 10.1. The highest BCUT2D eigenvalue weighted by molar-refractivity contribution is 7.92. The lowest BCUT2D eigenvalue weighted by molar-refractivity contribution is 0.122. The SMILES string of the molecule is CC(C)c1nc(-c2ccc(F)c(NS(=O)(=O)c3c(F)cccc3F)c2)c(-c2ccnc(Nc3cnc(N4CCOCC4)c(F)c3)n2)s1. The van der Waals surface area contributed by atoms with E-state index >= 15 is 0 Å². The Kier molecular flexibility index (Phi) is 9.07. The van der Waals surface area contributed by atoms with Gasteiger partial charge in [-0.3, -0.25) is 4.72 Å². The molecule has 16 heteroatoms. The van der Waals surface area contributed by atoms with E-state index in [1.54, 1.807) is 11.0 Å². The van der Waals surface area contributed by atoms with Gasteiger partial charge in [0.2, 0.25) is 5.95 Å². The van der Waals surface area contributed by atoms with Crippen LogP contribution in [0.3, 0.4) is 0 Å². The van der Waals surface area contributed by atoms with Crippen molar-refractivity contribution in [1.82, 2.24) is 19.9 Å². The van der Waals surface area contributed by atoms with E-state index in [1.807, 2.05) is 18.6 Å². The molecule has 3 aromatic heterocycles. The number of anilines is 4. The number of sulfonamides is 1. The van der Waals surface area contributed by atoms with Crippen LogP contribution >= 0.6 is 11.3 Å². The number of aromatic nitrogens is 4. The molecule has 0 unspecified atom stereocenters. The number of hydrogen-bond donors (Lipinski definition) is 2. The van der Waals surface area contributed by atoms with Gasteiger partial charge in [-0.15, -0.1) is 11.3 Å². The largest absolute Gasteiger partial charge is 0.378 e. The van der Waals surface area contributed by atoms with Crippen LogP contribution in [0.5, 0.6) is 0 Å². The molecule has 0 spiro atoms. The number of nitrogens with one attached hydrogen (secondary N) is 2. The van der Waals surface area contributed by atoms with Gasteiger partial charge in [-0.2, -0.15) is 0 Å². The maximum atomic E-state index is 15.0. The summed E-state index contributed by atoms with van der Waals surface area (Å²) in [5, 5.41) is 3.69. The van der Waals surface area contributed by atoms with Crippen LogP contribution in [0.25, 0.3) is 21.8 Å². The first-order valence-electron chi connectivity index (χ1n) is 14.4. The molecular formula is C31H27F4N7O3S2. The number of ether oxygens (including phenoxy) is 1. The van der Waals surface area contributed by atoms with Crippen LogP contribution in [-0.4, -0.2) is 54.7 Å². The molecule has 10 nitrogen and oxygen atoms in total. The van der Waals surface area contributed by atoms with Crippen molar-refractivity contribution in [2.45, 2.75) is 24.7 Å². The number of morpholine rings is 1. The Morgan fingerprint density at radius 1 is 0.915 bits per heavy atom. The van der Waals surface area contributed by atoms with Crippen LogP contribution in [0.2, 0.25) is 0 Å². The molecule has 0 saturated carbocycles. The van der Waals surface area contributed by atoms with E-state index in [0.717, 1.165) is 24.3 Å². The molecule has 1 aliphatic heterocycles.